The zero-order chi connectivity index (χ0) is 20.0. The van der Waals surface area contributed by atoms with Crippen molar-refractivity contribution in [3.05, 3.63) is 23.5 Å². The van der Waals surface area contributed by atoms with E-state index in [1.165, 1.54) is 70.6 Å². The minimum atomic E-state index is 0.171. The molecule has 0 radical (unpaired) electrons. The number of aromatic amines is 1. The smallest absolute Gasteiger partial charge is 0.225 e. The number of nitrogen functional groups attached to an aromatic ring is 2. The van der Waals surface area contributed by atoms with Gasteiger partial charge in [0.05, 0.1) is 0 Å². The maximum absolute atomic E-state index is 5.60. The fourth-order valence-electron chi connectivity index (χ4n) is 3.43. The summed E-state index contributed by atoms with van der Waals surface area (Å²) in [5.41, 5.74) is 12.3. The number of imidazole rings is 1. The van der Waals surface area contributed by atoms with Gasteiger partial charge in [0.15, 0.2) is 0 Å². The number of nitrogens with zero attached hydrogens (tertiary/aromatic N) is 4. The van der Waals surface area contributed by atoms with Gasteiger partial charge in [-0.15, -0.1) is 0 Å². The molecule has 156 valence electrons. The van der Waals surface area contributed by atoms with Crippen LogP contribution in [-0.2, 0) is 19.3 Å². The Labute approximate surface area is 169 Å². The van der Waals surface area contributed by atoms with Gasteiger partial charge in [-0.3, -0.25) is 0 Å². The third-order valence-electron chi connectivity index (χ3n) is 5.03. The number of aryl methyl sites for hydroxylation is 3. The van der Waals surface area contributed by atoms with Crippen LogP contribution >= 0.6 is 0 Å². The van der Waals surface area contributed by atoms with Crippen molar-refractivity contribution in [1.82, 2.24) is 24.9 Å². The van der Waals surface area contributed by atoms with Crippen molar-refractivity contribution in [2.75, 3.05) is 11.5 Å². The standard InChI is InChI=1S/C21H37N7/c1-2-3-4-5-6-7-8-9-10-11-12-13-18-24-16-17(25-18)14-15-19-26-20(22)28-21(23)27-19/h16H,2-15H2,1H3,(H,24,25)(H4,22,23,26,27,28). The molecule has 0 aromatic carbocycles. The lowest BCUT2D eigenvalue weighted by molar-refractivity contribution is 0.548. The molecule has 2 aromatic rings. The summed E-state index contributed by atoms with van der Waals surface area (Å²) in [6.07, 6.45) is 19.3. The lowest BCUT2D eigenvalue weighted by Gasteiger charge is -2.02. The molecule has 0 bridgehead atoms. The molecule has 7 heteroatoms. The number of H-pyrrole nitrogens is 1. The Hall–Kier alpha value is -2.18. The predicted molar refractivity (Wildman–Crippen MR) is 115 cm³/mol. The van der Waals surface area contributed by atoms with E-state index in [0.717, 1.165) is 24.4 Å². The first-order valence-electron chi connectivity index (χ1n) is 11.0. The van der Waals surface area contributed by atoms with Crippen molar-refractivity contribution in [2.45, 2.75) is 96.8 Å². The first-order valence-corrected chi connectivity index (χ1v) is 11.0. The molecular weight excluding hydrogens is 350 g/mol. The van der Waals surface area contributed by atoms with Gasteiger partial charge in [-0.2, -0.15) is 15.0 Å². The Morgan fingerprint density at radius 2 is 1.29 bits per heavy atom. The first kappa shape index (κ1) is 22.1. The van der Waals surface area contributed by atoms with E-state index in [2.05, 4.69) is 31.8 Å². The molecule has 0 saturated heterocycles. The van der Waals surface area contributed by atoms with Crippen LogP contribution in [0.15, 0.2) is 6.20 Å². The summed E-state index contributed by atoms with van der Waals surface area (Å²) in [6, 6.07) is 0. The zero-order valence-corrected chi connectivity index (χ0v) is 17.4. The van der Waals surface area contributed by atoms with E-state index in [9.17, 15) is 0 Å². The lowest BCUT2D eigenvalue weighted by atomic mass is 10.1. The van der Waals surface area contributed by atoms with Gasteiger partial charge >= 0.3 is 0 Å². The molecule has 2 aromatic heterocycles. The molecular formula is C21H37N7. The second kappa shape index (κ2) is 13.1. The monoisotopic (exact) mass is 387 g/mol. The molecule has 7 nitrogen and oxygen atoms in total. The molecule has 2 rings (SSSR count). The molecule has 28 heavy (non-hydrogen) atoms. The average molecular weight is 388 g/mol. The van der Waals surface area contributed by atoms with E-state index < -0.39 is 0 Å². The molecule has 0 saturated carbocycles. The molecule has 0 aliphatic rings. The highest BCUT2D eigenvalue weighted by atomic mass is 15.1. The van der Waals surface area contributed by atoms with Gasteiger partial charge in [-0.25, -0.2) is 4.98 Å². The molecule has 0 spiro atoms. The SMILES string of the molecule is CCCCCCCCCCCCCc1ncc(CCc2nc(N)nc(N)n2)[nH]1. The second-order valence-corrected chi connectivity index (χ2v) is 7.61. The van der Waals surface area contributed by atoms with Gasteiger partial charge in [0.1, 0.15) is 11.6 Å². The molecule has 5 N–H and O–H groups in total. The Morgan fingerprint density at radius 1 is 0.714 bits per heavy atom. The minimum absolute atomic E-state index is 0.171. The van der Waals surface area contributed by atoms with Crippen molar-refractivity contribution in [2.24, 2.45) is 0 Å². The highest BCUT2D eigenvalue weighted by Crippen LogP contribution is 2.12. The summed E-state index contributed by atoms with van der Waals surface area (Å²) >= 11 is 0. The highest BCUT2D eigenvalue weighted by molar-refractivity contribution is 5.26. The zero-order valence-electron chi connectivity index (χ0n) is 17.4. The predicted octanol–water partition coefficient (Wildman–Crippen LogP) is 4.40. The van der Waals surface area contributed by atoms with Crippen LogP contribution in [0.3, 0.4) is 0 Å². The van der Waals surface area contributed by atoms with Crippen molar-refractivity contribution in [3.63, 3.8) is 0 Å². The third kappa shape index (κ3) is 9.15. The molecule has 2 heterocycles. The number of nitrogens with one attached hydrogen (secondary N) is 1. The van der Waals surface area contributed by atoms with E-state index in [0.29, 0.717) is 12.2 Å². The number of unbranched alkanes of at least 4 members (excludes halogenated alkanes) is 10. The Morgan fingerprint density at radius 3 is 1.89 bits per heavy atom. The Bertz CT molecular complexity index is 648. The number of rotatable bonds is 15. The van der Waals surface area contributed by atoms with Gasteiger partial charge in [0.2, 0.25) is 11.9 Å². The summed E-state index contributed by atoms with van der Waals surface area (Å²) in [5, 5.41) is 0. The van der Waals surface area contributed by atoms with Gasteiger partial charge < -0.3 is 16.5 Å². The maximum Gasteiger partial charge on any atom is 0.225 e. The van der Waals surface area contributed by atoms with Gasteiger partial charge in [0.25, 0.3) is 0 Å². The Balaban J connectivity index is 1.52. The fraction of sp³-hybridized carbons (Fsp3) is 0.714. The van der Waals surface area contributed by atoms with Crippen LogP contribution in [0.25, 0.3) is 0 Å². The van der Waals surface area contributed by atoms with Crippen LogP contribution in [-0.4, -0.2) is 24.9 Å². The molecule has 0 aliphatic carbocycles. The van der Waals surface area contributed by atoms with Crippen molar-refractivity contribution >= 4 is 11.9 Å². The van der Waals surface area contributed by atoms with Crippen molar-refractivity contribution < 1.29 is 0 Å². The van der Waals surface area contributed by atoms with Crippen LogP contribution in [0, 0.1) is 0 Å². The third-order valence-corrected chi connectivity index (χ3v) is 5.03. The van der Waals surface area contributed by atoms with Crippen LogP contribution in [0.5, 0.6) is 0 Å². The average Bonchev–Trinajstić information content (AvgIpc) is 3.11. The van der Waals surface area contributed by atoms with Crippen LogP contribution < -0.4 is 11.5 Å². The molecule has 0 amide bonds. The second-order valence-electron chi connectivity index (χ2n) is 7.61. The van der Waals surface area contributed by atoms with Crippen molar-refractivity contribution in [1.29, 1.82) is 0 Å². The summed E-state index contributed by atoms with van der Waals surface area (Å²) in [7, 11) is 0. The molecule has 0 unspecified atom stereocenters. The van der Waals surface area contributed by atoms with Gasteiger partial charge in [0, 0.05) is 24.7 Å². The quantitative estimate of drug-likeness (QED) is 0.390. The van der Waals surface area contributed by atoms with Gasteiger partial charge in [-0.1, -0.05) is 71.1 Å². The number of hydrogen-bond acceptors (Lipinski definition) is 6. The lowest BCUT2D eigenvalue weighted by Crippen LogP contribution is -2.07. The number of nitrogens with two attached hydrogens (primary N) is 2. The first-order chi connectivity index (χ1) is 13.7. The van der Waals surface area contributed by atoms with Gasteiger partial charge in [-0.05, 0) is 12.8 Å². The van der Waals surface area contributed by atoms with Crippen LogP contribution in [0.2, 0.25) is 0 Å². The maximum atomic E-state index is 5.60. The minimum Gasteiger partial charge on any atom is -0.368 e. The molecule has 0 fully saturated rings. The van der Waals surface area contributed by atoms with E-state index in [4.69, 9.17) is 11.5 Å². The topological polar surface area (TPSA) is 119 Å². The van der Waals surface area contributed by atoms with Crippen LogP contribution in [0.4, 0.5) is 11.9 Å². The van der Waals surface area contributed by atoms with Crippen LogP contribution in [0.1, 0.15) is 94.9 Å². The van der Waals surface area contributed by atoms with E-state index in [1.54, 1.807) is 0 Å². The van der Waals surface area contributed by atoms with E-state index >= 15 is 0 Å². The Kier molecular flexibility index (Phi) is 10.3. The summed E-state index contributed by atoms with van der Waals surface area (Å²) < 4.78 is 0. The largest absolute Gasteiger partial charge is 0.368 e. The van der Waals surface area contributed by atoms with E-state index in [-0.39, 0.29) is 11.9 Å². The highest BCUT2D eigenvalue weighted by Gasteiger charge is 2.05. The number of aromatic nitrogens is 5. The summed E-state index contributed by atoms with van der Waals surface area (Å²) in [4.78, 5) is 19.9. The molecule has 0 aliphatic heterocycles. The normalized spacial score (nSPS) is 11.2. The van der Waals surface area contributed by atoms with E-state index in [1.807, 2.05) is 6.20 Å². The number of anilines is 2. The number of hydrogen-bond donors (Lipinski definition) is 3. The summed E-state index contributed by atoms with van der Waals surface area (Å²) in [6.45, 7) is 2.27. The summed E-state index contributed by atoms with van der Waals surface area (Å²) in [5.74, 6) is 2.03. The fourth-order valence-corrected chi connectivity index (χ4v) is 3.43. The molecule has 0 atom stereocenters. The van der Waals surface area contributed by atoms with Crippen molar-refractivity contribution in [3.8, 4) is 0 Å².